The number of nitrogens with one attached hydrogen (secondary N) is 1. The van der Waals surface area contributed by atoms with Crippen molar-refractivity contribution in [2.75, 3.05) is 6.54 Å². The lowest BCUT2D eigenvalue weighted by atomic mass is 9.92. The number of hydrogen-bond acceptors (Lipinski definition) is 4. The van der Waals surface area contributed by atoms with Gasteiger partial charge in [-0.25, -0.2) is 0 Å². The molecule has 0 fully saturated rings. The van der Waals surface area contributed by atoms with Gasteiger partial charge in [-0.15, -0.1) is 0 Å². The van der Waals surface area contributed by atoms with Gasteiger partial charge in [0.15, 0.2) is 0 Å². The predicted molar refractivity (Wildman–Crippen MR) is 68.2 cm³/mol. The summed E-state index contributed by atoms with van der Waals surface area (Å²) in [6.07, 6.45) is -0.170. The van der Waals surface area contributed by atoms with Crippen LogP contribution in [-0.2, 0) is 4.79 Å². The van der Waals surface area contributed by atoms with Gasteiger partial charge in [0.05, 0.1) is 6.42 Å². The zero-order chi connectivity index (χ0) is 14.0. The molecule has 1 aromatic rings. The Balaban J connectivity index is 2.29. The van der Waals surface area contributed by atoms with Crippen LogP contribution in [0.1, 0.15) is 27.1 Å². The Kier molecular flexibility index (Phi) is 3.66. The number of carboxylic acids is 1. The molecule has 2 N–H and O–H groups in total. The fraction of sp³-hybridized carbons (Fsp3) is 0.154. The number of fused-ring (bicyclic) bond motifs is 1. The summed E-state index contributed by atoms with van der Waals surface area (Å²) >= 11 is 5.87. The fourth-order valence-electron chi connectivity index (χ4n) is 1.80. The summed E-state index contributed by atoms with van der Waals surface area (Å²) in [5, 5.41) is 11.0. The van der Waals surface area contributed by atoms with Crippen molar-refractivity contribution in [3.8, 4) is 0 Å². The molecule has 0 radical (unpaired) electrons. The molecular weight excluding hydrogens is 270 g/mol. The number of aliphatic carboxylic acids is 1. The van der Waals surface area contributed by atoms with E-state index in [1.54, 1.807) is 12.1 Å². The zero-order valence-electron chi connectivity index (χ0n) is 9.77. The molecule has 2 rings (SSSR count). The second-order valence-electron chi connectivity index (χ2n) is 3.96. The number of carbonyl (C=O) groups excluding carboxylic acids is 2. The van der Waals surface area contributed by atoms with Crippen molar-refractivity contribution in [3.05, 3.63) is 46.1 Å². The van der Waals surface area contributed by atoms with Crippen LogP contribution < -0.4 is 5.32 Å². The maximum atomic E-state index is 12.1. The van der Waals surface area contributed by atoms with Crippen LogP contribution in [0.3, 0.4) is 0 Å². The highest BCUT2D eigenvalue weighted by Crippen LogP contribution is 2.26. The van der Waals surface area contributed by atoms with Crippen LogP contribution >= 0.6 is 11.6 Å². The molecule has 0 atom stereocenters. The zero-order valence-corrected chi connectivity index (χ0v) is 10.5. The van der Waals surface area contributed by atoms with Crippen molar-refractivity contribution in [1.29, 1.82) is 0 Å². The molecule has 0 spiro atoms. The largest absolute Gasteiger partial charge is 0.481 e. The van der Waals surface area contributed by atoms with Crippen LogP contribution in [-0.4, -0.2) is 29.2 Å². The third-order valence-corrected chi connectivity index (χ3v) is 3.06. The second-order valence-corrected chi connectivity index (χ2v) is 4.34. The van der Waals surface area contributed by atoms with Crippen LogP contribution in [0.25, 0.3) is 0 Å². The maximum Gasteiger partial charge on any atom is 0.305 e. The molecule has 5 nitrogen and oxygen atoms in total. The molecule has 1 aliphatic carbocycles. The Bertz CT molecular complexity index is 606. The average Bonchev–Trinajstić information content (AvgIpc) is 2.40. The predicted octanol–water partition coefficient (Wildman–Crippen LogP) is 1.58. The van der Waals surface area contributed by atoms with E-state index in [0.29, 0.717) is 0 Å². The third-order valence-electron chi connectivity index (χ3n) is 2.70. The molecule has 0 bridgehead atoms. The van der Waals surface area contributed by atoms with Gasteiger partial charge < -0.3 is 10.4 Å². The average molecular weight is 280 g/mol. The van der Waals surface area contributed by atoms with Crippen LogP contribution in [0.4, 0.5) is 0 Å². The number of allylic oxidation sites excluding steroid dienone is 2. The standard InChI is InChI=1S/C13H10ClNO4/c14-10-11(15-6-5-9(16)17)13(19)8-4-2-1-3-7(8)12(10)18/h1-4,15H,5-6H2,(H,16,17). The van der Waals surface area contributed by atoms with Gasteiger partial charge in [-0.2, -0.15) is 0 Å². The van der Waals surface area contributed by atoms with E-state index in [4.69, 9.17) is 16.7 Å². The van der Waals surface area contributed by atoms with Gasteiger partial charge in [0.2, 0.25) is 11.6 Å². The first-order chi connectivity index (χ1) is 9.02. The fourth-order valence-corrected chi connectivity index (χ4v) is 2.05. The molecule has 6 heteroatoms. The van der Waals surface area contributed by atoms with E-state index in [1.165, 1.54) is 12.1 Å². The van der Waals surface area contributed by atoms with Crippen molar-refractivity contribution < 1.29 is 19.5 Å². The maximum absolute atomic E-state index is 12.1. The Morgan fingerprint density at radius 3 is 2.32 bits per heavy atom. The minimum Gasteiger partial charge on any atom is -0.481 e. The number of ketones is 2. The summed E-state index contributed by atoms with van der Waals surface area (Å²) in [5.41, 5.74) is 0.502. The van der Waals surface area contributed by atoms with Gasteiger partial charge in [-0.3, -0.25) is 14.4 Å². The molecule has 0 aromatic heterocycles. The first-order valence-corrected chi connectivity index (χ1v) is 5.94. The molecule has 0 heterocycles. The van der Waals surface area contributed by atoms with Crippen molar-refractivity contribution in [2.45, 2.75) is 6.42 Å². The summed E-state index contributed by atoms with van der Waals surface area (Å²) in [6, 6.07) is 6.37. The van der Waals surface area contributed by atoms with E-state index >= 15 is 0 Å². The van der Waals surface area contributed by atoms with Crippen LogP contribution in [0.15, 0.2) is 35.0 Å². The number of rotatable bonds is 4. The first-order valence-electron chi connectivity index (χ1n) is 5.56. The Morgan fingerprint density at radius 2 is 1.74 bits per heavy atom. The summed E-state index contributed by atoms with van der Waals surface area (Å²) in [5.74, 6) is -1.83. The van der Waals surface area contributed by atoms with E-state index < -0.39 is 17.5 Å². The normalized spacial score (nSPS) is 14.4. The summed E-state index contributed by atoms with van der Waals surface area (Å²) in [7, 11) is 0. The minimum absolute atomic E-state index is 0.0298. The molecule has 0 aliphatic heterocycles. The highest BCUT2D eigenvalue weighted by atomic mass is 35.5. The smallest absolute Gasteiger partial charge is 0.305 e. The third kappa shape index (κ3) is 2.51. The van der Waals surface area contributed by atoms with Crippen molar-refractivity contribution >= 4 is 29.1 Å². The lowest BCUT2D eigenvalue weighted by Crippen LogP contribution is -2.30. The number of benzene rings is 1. The number of hydrogen-bond donors (Lipinski definition) is 2. The van der Waals surface area contributed by atoms with Gasteiger partial charge in [0, 0.05) is 17.7 Å². The van der Waals surface area contributed by atoms with Crippen LogP contribution in [0, 0.1) is 0 Å². The SMILES string of the molecule is O=C(O)CCNC1=C(Cl)C(=O)c2ccccc2C1=O. The molecule has 19 heavy (non-hydrogen) atoms. The van der Waals surface area contributed by atoms with Gasteiger partial charge in [0.25, 0.3) is 0 Å². The number of Topliss-reactive ketones (excluding diaryl/α,β-unsaturated/α-hetero) is 2. The van der Waals surface area contributed by atoms with Gasteiger partial charge >= 0.3 is 5.97 Å². The minimum atomic E-state index is -1.00. The van der Waals surface area contributed by atoms with E-state index in [0.717, 1.165) is 0 Å². The Hall–Kier alpha value is -2.14. The quantitative estimate of drug-likeness (QED) is 0.874. The van der Waals surface area contributed by atoms with Crippen LogP contribution in [0.5, 0.6) is 0 Å². The van der Waals surface area contributed by atoms with E-state index in [9.17, 15) is 14.4 Å². The molecule has 0 saturated heterocycles. The molecule has 0 amide bonds. The Labute approximate surface area is 113 Å². The van der Waals surface area contributed by atoms with Crippen LogP contribution in [0.2, 0.25) is 0 Å². The Morgan fingerprint density at radius 1 is 1.16 bits per heavy atom. The topological polar surface area (TPSA) is 83.5 Å². The molecule has 0 saturated carbocycles. The van der Waals surface area contributed by atoms with Gasteiger partial charge in [-0.1, -0.05) is 35.9 Å². The van der Waals surface area contributed by atoms with E-state index in [1.807, 2.05) is 0 Å². The van der Waals surface area contributed by atoms with E-state index in [2.05, 4.69) is 5.32 Å². The summed E-state index contributed by atoms with van der Waals surface area (Å²) in [4.78, 5) is 34.5. The lowest BCUT2D eigenvalue weighted by molar-refractivity contribution is -0.136. The molecular formula is C13H10ClNO4. The first kappa shape index (κ1) is 13.3. The molecule has 1 aromatic carbocycles. The van der Waals surface area contributed by atoms with Crippen molar-refractivity contribution in [2.24, 2.45) is 0 Å². The second kappa shape index (κ2) is 5.24. The highest BCUT2D eigenvalue weighted by Gasteiger charge is 2.30. The number of carbonyl (C=O) groups is 3. The number of carboxylic acid groups (broad SMARTS) is 1. The lowest BCUT2D eigenvalue weighted by Gasteiger charge is -2.18. The molecule has 1 aliphatic rings. The monoisotopic (exact) mass is 279 g/mol. The summed E-state index contributed by atoms with van der Waals surface area (Å²) < 4.78 is 0. The van der Waals surface area contributed by atoms with Gasteiger partial charge in [-0.05, 0) is 0 Å². The highest BCUT2D eigenvalue weighted by molar-refractivity contribution is 6.49. The van der Waals surface area contributed by atoms with Crippen molar-refractivity contribution in [3.63, 3.8) is 0 Å². The number of halogens is 1. The van der Waals surface area contributed by atoms with Gasteiger partial charge in [0.1, 0.15) is 10.7 Å². The molecule has 98 valence electrons. The molecule has 0 unspecified atom stereocenters. The summed E-state index contributed by atoms with van der Waals surface area (Å²) in [6.45, 7) is 0.0298. The van der Waals surface area contributed by atoms with E-state index in [-0.39, 0.29) is 34.8 Å². The van der Waals surface area contributed by atoms with Crippen molar-refractivity contribution in [1.82, 2.24) is 5.32 Å².